The molecule has 96 valence electrons. The Morgan fingerprint density at radius 1 is 1.47 bits per heavy atom. The minimum absolute atomic E-state index is 0.0936. The SMILES string of the molecule is C#CCOc1c(I)cc(C=C(C#N)C(N)=O)cc1I. The second-order valence-electron chi connectivity index (χ2n) is 3.34. The number of halogens is 2. The van der Waals surface area contributed by atoms with Crippen molar-refractivity contribution >= 4 is 57.2 Å². The average molecular weight is 478 g/mol. The highest BCUT2D eigenvalue weighted by molar-refractivity contribution is 14.1. The summed E-state index contributed by atoms with van der Waals surface area (Å²) >= 11 is 4.20. The van der Waals surface area contributed by atoms with E-state index in [0.717, 1.165) is 7.14 Å². The fraction of sp³-hybridized carbons (Fsp3) is 0.0769. The van der Waals surface area contributed by atoms with Crippen LogP contribution in [0.25, 0.3) is 6.08 Å². The molecule has 4 nitrogen and oxygen atoms in total. The van der Waals surface area contributed by atoms with Gasteiger partial charge < -0.3 is 10.5 Å². The van der Waals surface area contributed by atoms with Crippen molar-refractivity contribution in [2.24, 2.45) is 5.73 Å². The van der Waals surface area contributed by atoms with Gasteiger partial charge in [0.2, 0.25) is 0 Å². The number of rotatable bonds is 4. The lowest BCUT2D eigenvalue weighted by molar-refractivity contribution is -0.114. The van der Waals surface area contributed by atoms with Crippen molar-refractivity contribution in [1.82, 2.24) is 0 Å². The molecule has 0 saturated heterocycles. The third-order valence-corrected chi connectivity index (χ3v) is 3.62. The van der Waals surface area contributed by atoms with E-state index in [1.807, 2.05) is 0 Å². The molecular weight excluding hydrogens is 470 g/mol. The van der Waals surface area contributed by atoms with Crippen LogP contribution in [0.2, 0.25) is 0 Å². The third kappa shape index (κ3) is 4.40. The third-order valence-electron chi connectivity index (χ3n) is 2.02. The van der Waals surface area contributed by atoms with Gasteiger partial charge in [-0.05, 0) is 69.0 Å². The van der Waals surface area contributed by atoms with Gasteiger partial charge in [-0.15, -0.1) is 6.42 Å². The summed E-state index contributed by atoms with van der Waals surface area (Å²) in [5.41, 5.74) is 5.70. The van der Waals surface area contributed by atoms with Crippen LogP contribution in [0.3, 0.4) is 0 Å². The van der Waals surface area contributed by atoms with Crippen LogP contribution in [0.4, 0.5) is 0 Å². The molecule has 0 heterocycles. The number of carbonyl (C=O) groups excluding carboxylic acids is 1. The van der Waals surface area contributed by atoms with Gasteiger partial charge >= 0.3 is 0 Å². The molecule has 0 bridgehead atoms. The molecule has 0 fully saturated rings. The molecule has 1 aromatic carbocycles. The van der Waals surface area contributed by atoms with E-state index < -0.39 is 5.91 Å². The zero-order chi connectivity index (χ0) is 14.4. The lowest BCUT2D eigenvalue weighted by Gasteiger charge is -2.09. The first kappa shape index (κ1) is 15.8. The summed E-state index contributed by atoms with van der Waals surface area (Å²) in [7, 11) is 0. The van der Waals surface area contributed by atoms with E-state index in [-0.39, 0.29) is 12.2 Å². The predicted molar refractivity (Wildman–Crippen MR) is 89.0 cm³/mol. The number of carbonyl (C=O) groups is 1. The maximum atomic E-state index is 11.0. The van der Waals surface area contributed by atoms with Gasteiger partial charge in [0.25, 0.3) is 5.91 Å². The van der Waals surface area contributed by atoms with Gasteiger partial charge in [0.1, 0.15) is 24.0 Å². The van der Waals surface area contributed by atoms with Crippen LogP contribution in [0.5, 0.6) is 5.75 Å². The monoisotopic (exact) mass is 478 g/mol. The van der Waals surface area contributed by atoms with Crippen molar-refractivity contribution in [3.8, 4) is 24.2 Å². The van der Waals surface area contributed by atoms with E-state index in [9.17, 15) is 4.79 Å². The highest BCUT2D eigenvalue weighted by atomic mass is 127. The van der Waals surface area contributed by atoms with Crippen LogP contribution in [0.15, 0.2) is 17.7 Å². The van der Waals surface area contributed by atoms with Crippen molar-refractivity contribution in [3.63, 3.8) is 0 Å². The van der Waals surface area contributed by atoms with Gasteiger partial charge in [-0.2, -0.15) is 5.26 Å². The summed E-state index contributed by atoms with van der Waals surface area (Å²) in [4.78, 5) is 11.0. The minimum atomic E-state index is -0.750. The maximum Gasteiger partial charge on any atom is 0.259 e. The second kappa shape index (κ2) is 7.36. The summed E-state index contributed by atoms with van der Waals surface area (Å²) in [5, 5.41) is 8.80. The van der Waals surface area contributed by atoms with Crippen LogP contribution >= 0.6 is 45.2 Å². The number of terminal acetylenes is 1. The molecule has 19 heavy (non-hydrogen) atoms. The first-order valence-electron chi connectivity index (χ1n) is 4.96. The number of hydrogen-bond acceptors (Lipinski definition) is 3. The average Bonchev–Trinajstić information content (AvgIpc) is 2.34. The molecular formula is C13H8I2N2O2. The van der Waals surface area contributed by atoms with Crippen LogP contribution in [0, 0.1) is 30.8 Å². The van der Waals surface area contributed by atoms with Crippen molar-refractivity contribution in [3.05, 3.63) is 30.4 Å². The molecule has 0 aromatic heterocycles. The molecule has 6 heteroatoms. The summed E-state index contributed by atoms with van der Waals surface area (Å²) in [6, 6.07) is 5.33. The van der Waals surface area contributed by atoms with E-state index in [1.54, 1.807) is 18.2 Å². The maximum absolute atomic E-state index is 11.0. The van der Waals surface area contributed by atoms with Gasteiger partial charge in [0, 0.05) is 0 Å². The second-order valence-corrected chi connectivity index (χ2v) is 5.66. The number of ether oxygens (including phenoxy) is 1. The summed E-state index contributed by atoms with van der Waals surface area (Å²) in [6.07, 6.45) is 6.59. The lowest BCUT2D eigenvalue weighted by atomic mass is 10.1. The summed E-state index contributed by atoms with van der Waals surface area (Å²) in [6.45, 7) is 0.186. The van der Waals surface area contributed by atoms with Crippen LogP contribution in [0.1, 0.15) is 5.56 Å². The Balaban J connectivity index is 3.19. The van der Waals surface area contributed by atoms with Crippen molar-refractivity contribution in [2.45, 2.75) is 0 Å². The Morgan fingerprint density at radius 3 is 2.47 bits per heavy atom. The topological polar surface area (TPSA) is 76.1 Å². The largest absolute Gasteiger partial charge is 0.479 e. The number of nitriles is 1. The summed E-state index contributed by atoms with van der Waals surface area (Å²) in [5.74, 6) is 2.34. The van der Waals surface area contributed by atoms with Crippen LogP contribution in [-0.2, 0) is 4.79 Å². The zero-order valence-corrected chi connectivity index (χ0v) is 13.9. The molecule has 0 spiro atoms. The molecule has 0 aliphatic carbocycles. The molecule has 1 aromatic rings. The molecule has 0 aliphatic rings. The normalized spacial score (nSPS) is 10.4. The van der Waals surface area contributed by atoms with E-state index in [0.29, 0.717) is 11.3 Å². The Bertz CT molecular complexity index is 602. The quantitative estimate of drug-likeness (QED) is 0.313. The van der Waals surface area contributed by atoms with E-state index >= 15 is 0 Å². The Morgan fingerprint density at radius 2 is 2.05 bits per heavy atom. The molecule has 0 aliphatic heterocycles. The first-order chi connectivity index (χ1) is 8.99. The van der Waals surface area contributed by atoms with Crippen LogP contribution in [-0.4, -0.2) is 12.5 Å². The van der Waals surface area contributed by atoms with Crippen LogP contribution < -0.4 is 10.5 Å². The number of nitrogens with zero attached hydrogens (tertiary/aromatic N) is 1. The lowest BCUT2D eigenvalue weighted by Crippen LogP contribution is -2.12. The van der Waals surface area contributed by atoms with Gasteiger partial charge in [-0.25, -0.2) is 0 Å². The van der Waals surface area contributed by atoms with Crippen molar-refractivity contribution < 1.29 is 9.53 Å². The zero-order valence-electron chi connectivity index (χ0n) is 9.61. The Kier molecular flexibility index (Phi) is 6.12. The smallest absolute Gasteiger partial charge is 0.259 e. The molecule has 1 rings (SSSR count). The van der Waals surface area contributed by atoms with Crippen molar-refractivity contribution in [2.75, 3.05) is 6.61 Å². The predicted octanol–water partition coefficient (Wildman–Crippen LogP) is 2.30. The number of hydrogen-bond donors (Lipinski definition) is 1. The first-order valence-corrected chi connectivity index (χ1v) is 7.12. The van der Waals surface area contributed by atoms with Gasteiger partial charge in [0.05, 0.1) is 7.14 Å². The Hall–Kier alpha value is -1.26. The number of amides is 1. The minimum Gasteiger partial charge on any atom is -0.479 e. The molecule has 1 amide bonds. The molecule has 0 radical (unpaired) electrons. The van der Waals surface area contributed by atoms with E-state index in [1.165, 1.54) is 6.08 Å². The molecule has 2 N–H and O–H groups in total. The Labute approximate surface area is 138 Å². The molecule has 0 saturated carbocycles. The van der Waals surface area contributed by atoms with Gasteiger partial charge in [0.15, 0.2) is 0 Å². The fourth-order valence-electron chi connectivity index (χ4n) is 1.24. The highest BCUT2D eigenvalue weighted by Crippen LogP contribution is 2.29. The van der Waals surface area contributed by atoms with Gasteiger partial charge in [-0.1, -0.05) is 5.92 Å². The van der Waals surface area contributed by atoms with E-state index in [4.69, 9.17) is 22.2 Å². The number of benzene rings is 1. The number of nitrogens with two attached hydrogens (primary N) is 1. The highest BCUT2D eigenvalue weighted by Gasteiger charge is 2.09. The van der Waals surface area contributed by atoms with Gasteiger partial charge in [-0.3, -0.25) is 4.79 Å². The fourth-order valence-corrected chi connectivity index (χ4v) is 3.37. The molecule has 0 unspecified atom stereocenters. The number of primary amides is 1. The molecule has 0 atom stereocenters. The van der Waals surface area contributed by atoms with E-state index in [2.05, 4.69) is 51.1 Å². The standard InChI is InChI=1S/C13H8I2N2O2/c1-2-3-19-12-10(14)5-8(6-11(12)15)4-9(7-16)13(17)18/h1,4-6H,3H2,(H2,17,18). The summed E-state index contributed by atoms with van der Waals surface area (Å²) < 4.78 is 7.10. The van der Waals surface area contributed by atoms with Crippen molar-refractivity contribution in [1.29, 1.82) is 5.26 Å².